The second kappa shape index (κ2) is 9.97. The molecule has 2 aromatic heterocycles. The Morgan fingerprint density at radius 1 is 1.27 bits per heavy atom. The number of nitrogens with one attached hydrogen (secondary N) is 1. The smallest absolute Gasteiger partial charge is 0.268 e. The number of amides is 1. The highest BCUT2D eigenvalue weighted by molar-refractivity contribution is 7.90. The van der Waals surface area contributed by atoms with Gasteiger partial charge in [0.25, 0.3) is 15.9 Å². The molecule has 1 fully saturated rings. The zero-order chi connectivity index (χ0) is 27.0. The molecule has 1 aliphatic heterocycles. The number of benzene rings is 1. The van der Waals surface area contributed by atoms with E-state index < -0.39 is 21.7 Å². The molecular weight excluding hydrogens is 497 g/mol. The number of anilines is 2. The number of pyridine rings is 2. The second-order valence-electron chi connectivity index (χ2n) is 9.70. The summed E-state index contributed by atoms with van der Waals surface area (Å²) in [6.45, 7) is 8.89. The quantitative estimate of drug-likeness (QED) is 0.472. The lowest BCUT2D eigenvalue weighted by atomic mass is 9.97. The summed E-state index contributed by atoms with van der Waals surface area (Å²) in [7, 11) is -4.29. The van der Waals surface area contributed by atoms with Gasteiger partial charge in [-0.1, -0.05) is 6.92 Å². The van der Waals surface area contributed by atoms with E-state index in [2.05, 4.69) is 16.6 Å². The number of nitrogens with zero attached hydrogens (tertiary/aromatic N) is 3. The maximum absolute atomic E-state index is 14.2. The van der Waals surface area contributed by atoms with Gasteiger partial charge < -0.3 is 15.4 Å². The molecule has 1 saturated heterocycles. The highest BCUT2D eigenvalue weighted by Crippen LogP contribution is 2.38. The van der Waals surface area contributed by atoms with Gasteiger partial charge >= 0.3 is 0 Å². The van der Waals surface area contributed by atoms with E-state index in [0.717, 1.165) is 6.42 Å². The zero-order valence-electron chi connectivity index (χ0n) is 21.2. The molecule has 0 spiro atoms. The monoisotopic (exact) mass is 527 g/mol. The first-order chi connectivity index (χ1) is 17.4. The normalized spacial score (nSPS) is 17.0. The van der Waals surface area contributed by atoms with E-state index >= 15 is 0 Å². The first-order valence-electron chi connectivity index (χ1n) is 11.9. The van der Waals surface area contributed by atoms with Crippen LogP contribution >= 0.6 is 0 Å². The maximum Gasteiger partial charge on any atom is 0.268 e. The molecule has 37 heavy (non-hydrogen) atoms. The van der Waals surface area contributed by atoms with Crippen molar-refractivity contribution in [1.82, 2.24) is 14.7 Å². The van der Waals surface area contributed by atoms with Gasteiger partial charge in [0.2, 0.25) is 0 Å². The minimum absolute atomic E-state index is 0.0871. The third-order valence-corrected chi connectivity index (χ3v) is 7.67. The summed E-state index contributed by atoms with van der Waals surface area (Å²) in [5, 5.41) is 0. The van der Waals surface area contributed by atoms with Crippen LogP contribution in [0.15, 0.2) is 53.6 Å². The lowest BCUT2D eigenvalue weighted by Crippen LogP contribution is -2.41. The average Bonchev–Trinajstić information content (AvgIpc) is 3.11. The molecule has 3 heterocycles. The minimum atomic E-state index is -4.29. The van der Waals surface area contributed by atoms with Crippen LogP contribution in [0.1, 0.15) is 44.5 Å². The maximum atomic E-state index is 14.2. The van der Waals surface area contributed by atoms with Crippen molar-refractivity contribution in [2.75, 3.05) is 23.8 Å². The number of carbonyl (C=O) groups excluding carboxylic acids is 1. The van der Waals surface area contributed by atoms with Crippen LogP contribution in [0.25, 0.3) is 11.3 Å². The van der Waals surface area contributed by atoms with E-state index in [9.17, 15) is 17.6 Å². The molecule has 0 radical (unpaired) electrons. The number of hydrogen-bond acceptors (Lipinski definition) is 8. The Balaban J connectivity index is 1.79. The van der Waals surface area contributed by atoms with Crippen LogP contribution in [-0.2, 0) is 10.0 Å². The van der Waals surface area contributed by atoms with Crippen molar-refractivity contribution in [2.45, 2.75) is 44.6 Å². The van der Waals surface area contributed by atoms with Crippen molar-refractivity contribution in [3.8, 4) is 17.0 Å². The summed E-state index contributed by atoms with van der Waals surface area (Å²) in [5.74, 6) is -0.794. The molecule has 1 amide bonds. The fraction of sp³-hybridized carbons (Fsp3) is 0.346. The fourth-order valence-electron chi connectivity index (χ4n) is 4.74. The van der Waals surface area contributed by atoms with Gasteiger partial charge in [0, 0.05) is 23.8 Å². The van der Waals surface area contributed by atoms with Crippen LogP contribution in [0, 0.1) is 11.7 Å². The van der Waals surface area contributed by atoms with Crippen molar-refractivity contribution in [1.29, 1.82) is 0 Å². The molecule has 0 aliphatic carbocycles. The average molecular weight is 528 g/mol. The van der Waals surface area contributed by atoms with Crippen molar-refractivity contribution in [3.63, 3.8) is 0 Å². The van der Waals surface area contributed by atoms with Crippen LogP contribution in [0.5, 0.6) is 5.75 Å². The predicted octanol–water partition coefficient (Wildman–Crippen LogP) is 4.01. The number of rotatable bonds is 7. The first-order valence-corrected chi connectivity index (χ1v) is 13.4. The van der Waals surface area contributed by atoms with Gasteiger partial charge in [0.05, 0.1) is 17.9 Å². The van der Waals surface area contributed by atoms with E-state index in [-0.39, 0.29) is 27.6 Å². The number of carbonyl (C=O) groups is 1. The third kappa shape index (κ3) is 5.36. The summed E-state index contributed by atoms with van der Waals surface area (Å²) >= 11 is 0. The van der Waals surface area contributed by atoms with Crippen LogP contribution in [0.4, 0.5) is 16.0 Å². The number of halogens is 1. The Morgan fingerprint density at radius 3 is 2.68 bits per heavy atom. The van der Waals surface area contributed by atoms with Crippen molar-refractivity contribution >= 4 is 27.6 Å². The Bertz CT molecular complexity index is 1440. The van der Waals surface area contributed by atoms with Gasteiger partial charge in [-0.2, -0.15) is 0 Å². The molecule has 0 saturated carbocycles. The molecule has 1 aliphatic rings. The van der Waals surface area contributed by atoms with Crippen LogP contribution in [0.2, 0.25) is 0 Å². The van der Waals surface area contributed by atoms with E-state index in [4.69, 9.17) is 15.5 Å². The number of nitrogens with two attached hydrogens (primary N) is 1. The van der Waals surface area contributed by atoms with Crippen LogP contribution < -0.4 is 20.1 Å². The molecule has 1 atom stereocenters. The third-order valence-electron chi connectivity index (χ3n) is 6.29. The summed E-state index contributed by atoms with van der Waals surface area (Å²) < 4.78 is 47.5. The second-order valence-corrected chi connectivity index (χ2v) is 11.4. The van der Waals surface area contributed by atoms with Crippen molar-refractivity contribution in [3.05, 3.63) is 60.0 Å². The Hall–Kier alpha value is -3.73. The van der Waals surface area contributed by atoms with E-state index in [1.54, 1.807) is 25.1 Å². The predicted molar refractivity (Wildman–Crippen MR) is 139 cm³/mol. The Kier molecular flexibility index (Phi) is 7.09. The van der Waals surface area contributed by atoms with Gasteiger partial charge in [-0.3, -0.25) is 4.79 Å². The van der Waals surface area contributed by atoms with E-state index in [1.165, 1.54) is 30.5 Å². The number of hydrogen-bond donors (Lipinski definition) is 2. The number of sulfonamides is 1. The van der Waals surface area contributed by atoms with Crippen molar-refractivity contribution < 1.29 is 22.3 Å². The summed E-state index contributed by atoms with van der Waals surface area (Å²) in [6.07, 6.45) is 2.22. The summed E-state index contributed by atoms with van der Waals surface area (Å²) in [4.78, 5) is 23.7. The molecule has 4 rings (SSSR count). The van der Waals surface area contributed by atoms with Gasteiger partial charge in [0.15, 0.2) is 11.6 Å². The van der Waals surface area contributed by atoms with E-state index in [0.29, 0.717) is 36.1 Å². The highest BCUT2D eigenvalue weighted by atomic mass is 32.2. The molecule has 3 N–H and O–H groups in total. The molecule has 3 aromatic rings. The van der Waals surface area contributed by atoms with Gasteiger partial charge in [-0.25, -0.2) is 27.5 Å². The lowest BCUT2D eigenvalue weighted by Gasteiger charge is -2.34. The fourth-order valence-corrected chi connectivity index (χ4v) is 5.79. The number of nitrogen functional groups attached to an aromatic ring is 1. The molecular formula is C26H30FN5O4S. The topological polar surface area (TPSA) is 128 Å². The SMILES string of the molecule is CCOc1cc(-c2ccc(C(=O)NS(=O)(=O)c3cccnc3N)c(N3C[C@@H](C)CC3(C)C)n2)ccc1F. The van der Waals surface area contributed by atoms with Crippen molar-refractivity contribution in [2.24, 2.45) is 5.92 Å². The molecule has 11 heteroatoms. The highest BCUT2D eigenvalue weighted by Gasteiger charge is 2.39. The minimum Gasteiger partial charge on any atom is -0.491 e. The Labute approximate surface area is 215 Å². The van der Waals surface area contributed by atoms with E-state index in [1.807, 2.05) is 18.7 Å². The molecule has 0 bridgehead atoms. The van der Waals surface area contributed by atoms with Gasteiger partial charge in [0.1, 0.15) is 16.5 Å². The van der Waals surface area contributed by atoms with Crippen LogP contribution in [-0.4, -0.2) is 43.0 Å². The summed E-state index contributed by atoms with van der Waals surface area (Å²) in [5.41, 5.74) is 6.56. The number of ether oxygens (including phenoxy) is 1. The number of aromatic nitrogens is 2. The largest absolute Gasteiger partial charge is 0.491 e. The molecule has 0 unspecified atom stereocenters. The Morgan fingerprint density at radius 2 is 2.03 bits per heavy atom. The first kappa shape index (κ1) is 26.3. The van der Waals surface area contributed by atoms with Gasteiger partial charge in [-0.15, -0.1) is 0 Å². The zero-order valence-corrected chi connectivity index (χ0v) is 22.0. The van der Waals surface area contributed by atoms with Gasteiger partial charge in [-0.05, 0) is 75.6 Å². The molecule has 1 aromatic carbocycles. The standard InChI is InChI=1S/C26H30FN5O4S/c1-5-36-21-13-17(8-10-19(21)27)20-11-9-18(24(30-20)32-15-16(2)14-26(32,3)4)25(33)31-37(34,35)22-7-6-12-29-23(22)28/h6-13,16H,5,14-15H2,1-4H3,(H2,28,29)(H,31,33)/t16-/m0/s1. The summed E-state index contributed by atoms with van der Waals surface area (Å²) in [6, 6.07) is 10.3. The molecule has 196 valence electrons. The van der Waals surface area contributed by atoms with Crippen LogP contribution in [0.3, 0.4) is 0 Å². The lowest BCUT2D eigenvalue weighted by molar-refractivity contribution is 0.0981. The molecule has 9 nitrogen and oxygen atoms in total.